The van der Waals surface area contributed by atoms with Gasteiger partial charge in [0.05, 0.1) is 36.0 Å². The van der Waals surface area contributed by atoms with E-state index < -0.39 is 0 Å². The summed E-state index contributed by atoms with van der Waals surface area (Å²) >= 11 is 1.33. The number of aromatic nitrogens is 4. The van der Waals surface area contributed by atoms with Crippen molar-refractivity contribution in [1.29, 1.82) is 0 Å². The number of fused-ring (bicyclic) bond motifs is 1. The first-order valence-electron chi connectivity index (χ1n) is 10.0. The summed E-state index contributed by atoms with van der Waals surface area (Å²) in [4.78, 5) is 17.0. The van der Waals surface area contributed by atoms with Gasteiger partial charge in [-0.2, -0.15) is 0 Å². The standard InChI is InChI=1S/C24H19N5O2S/c30-22(26-19-13-18-9-4-5-10-20(18)25-14-19)16-32-24-28-27-23(21-11-6-12-31-21)29(24)15-17-7-2-1-3-8-17/h1-14H,15-16H2,(H,26,30). The Hall–Kier alpha value is -3.91. The number of nitrogens with zero attached hydrogens (tertiary/aromatic N) is 4. The van der Waals surface area contributed by atoms with Gasteiger partial charge in [0, 0.05) is 5.39 Å². The van der Waals surface area contributed by atoms with Crippen LogP contribution in [0, 0.1) is 0 Å². The Kier molecular flexibility index (Phi) is 5.67. The quantitative estimate of drug-likeness (QED) is 0.363. The molecule has 2 aromatic carbocycles. The van der Waals surface area contributed by atoms with Crippen LogP contribution in [0.15, 0.2) is 94.8 Å². The number of benzene rings is 2. The first-order chi connectivity index (χ1) is 15.8. The SMILES string of the molecule is O=C(CSc1nnc(-c2ccco2)n1Cc1ccccc1)Nc1cnc2ccccc2c1. The first-order valence-corrected chi connectivity index (χ1v) is 11.0. The molecule has 0 bridgehead atoms. The number of amides is 1. The predicted octanol–water partition coefficient (Wildman–Crippen LogP) is 4.87. The summed E-state index contributed by atoms with van der Waals surface area (Å²) < 4.78 is 7.49. The molecule has 0 aliphatic rings. The van der Waals surface area contributed by atoms with Crippen molar-refractivity contribution < 1.29 is 9.21 Å². The van der Waals surface area contributed by atoms with Gasteiger partial charge in [0.1, 0.15) is 0 Å². The normalized spacial score (nSPS) is 11.0. The number of para-hydroxylation sites is 1. The van der Waals surface area contributed by atoms with E-state index in [1.165, 1.54) is 11.8 Å². The molecule has 0 atom stereocenters. The molecule has 0 aliphatic carbocycles. The van der Waals surface area contributed by atoms with Gasteiger partial charge >= 0.3 is 0 Å². The maximum absolute atomic E-state index is 12.6. The molecule has 7 nitrogen and oxygen atoms in total. The predicted molar refractivity (Wildman–Crippen MR) is 124 cm³/mol. The first kappa shape index (κ1) is 20.0. The average Bonchev–Trinajstić information content (AvgIpc) is 3.48. The van der Waals surface area contributed by atoms with Gasteiger partial charge in [-0.1, -0.05) is 60.3 Å². The minimum Gasteiger partial charge on any atom is -0.461 e. The van der Waals surface area contributed by atoms with Crippen molar-refractivity contribution in [3.8, 4) is 11.6 Å². The summed E-state index contributed by atoms with van der Waals surface area (Å²) in [6.07, 6.45) is 3.27. The molecule has 5 rings (SSSR count). The second-order valence-corrected chi connectivity index (χ2v) is 8.05. The van der Waals surface area contributed by atoms with E-state index in [0.717, 1.165) is 16.5 Å². The molecule has 5 aromatic rings. The zero-order chi connectivity index (χ0) is 21.8. The number of thioether (sulfide) groups is 1. The molecule has 0 saturated carbocycles. The summed E-state index contributed by atoms with van der Waals surface area (Å²) in [5.41, 5.74) is 2.66. The van der Waals surface area contributed by atoms with Gasteiger partial charge in [0.15, 0.2) is 10.9 Å². The van der Waals surface area contributed by atoms with Crippen molar-refractivity contribution in [2.24, 2.45) is 0 Å². The van der Waals surface area contributed by atoms with Gasteiger partial charge in [0.25, 0.3) is 0 Å². The number of pyridine rings is 1. The third-order valence-corrected chi connectivity index (χ3v) is 5.82. The van der Waals surface area contributed by atoms with Crippen molar-refractivity contribution in [3.05, 3.63) is 90.8 Å². The molecule has 0 aliphatic heterocycles. The molecule has 8 heteroatoms. The van der Waals surface area contributed by atoms with E-state index in [2.05, 4.69) is 20.5 Å². The van der Waals surface area contributed by atoms with E-state index in [-0.39, 0.29) is 11.7 Å². The van der Waals surface area contributed by atoms with Crippen molar-refractivity contribution in [1.82, 2.24) is 19.7 Å². The summed E-state index contributed by atoms with van der Waals surface area (Å²) in [6, 6.07) is 23.4. The van der Waals surface area contributed by atoms with Crippen LogP contribution in [-0.4, -0.2) is 31.4 Å². The lowest BCUT2D eigenvalue weighted by Crippen LogP contribution is -2.15. The molecule has 3 heterocycles. The maximum Gasteiger partial charge on any atom is 0.234 e. The summed E-state index contributed by atoms with van der Waals surface area (Å²) in [6.45, 7) is 0.572. The molecule has 0 unspecified atom stereocenters. The fourth-order valence-electron chi connectivity index (χ4n) is 3.36. The van der Waals surface area contributed by atoms with E-state index in [1.807, 2.05) is 77.4 Å². The Morgan fingerprint density at radius 3 is 2.69 bits per heavy atom. The summed E-state index contributed by atoms with van der Waals surface area (Å²) in [5, 5.41) is 13.1. The minimum absolute atomic E-state index is 0.138. The van der Waals surface area contributed by atoms with Crippen LogP contribution in [0.1, 0.15) is 5.56 Å². The number of carbonyl (C=O) groups is 1. The smallest absolute Gasteiger partial charge is 0.234 e. The highest BCUT2D eigenvalue weighted by atomic mass is 32.2. The molecule has 0 fully saturated rings. The third kappa shape index (κ3) is 4.40. The molecule has 0 radical (unpaired) electrons. The number of anilines is 1. The Labute approximate surface area is 188 Å². The van der Waals surface area contributed by atoms with Gasteiger partial charge in [-0.25, -0.2) is 0 Å². The number of carbonyl (C=O) groups excluding carboxylic acids is 1. The summed E-state index contributed by atoms with van der Waals surface area (Å²) in [7, 11) is 0. The van der Waals surface area contributed by atoms with Gasteiger partial charge in [-0.05, 0) is 29.8 Å². The second kappa shape index (κ2) is 9.07. The zero-order valence-electron chi connectivity index (χ0n) is 17.0. The van der Waals surface area contributed by atoms with Crippen LogP contribution in [0.2, 0.25) is 0 Å². The lowest BCUT2D eigenvalue weighted by molar-refractivity contribution is -0.113. The summed E-state index contributed by atoms with van der Waals surface area (Å²) in [5.74, 6) is 1.31. The molecule has 0 spiro atoms. The number of nitrogens with one attached hydrogen (secondary N) is 1. The second-order valence-electron chi connectivity index (χ2n) is 7.11. The van der Waals surface area contributed by atoms with Gasteiger partial charge in [0.2, 0.25) is 11.7 Å². The topological polar surface area (TPSA) is 85.8 Å². The van der Waals surface area contributed by atoms with E-state index in [1.54, 1.807) is 12.5 Å². The van der Waals surface area contributed by atoms with Crippen LogP contribution < -0.4 is 5.32 Å². The molecule has 32 heavy (non-hydrogen) atoms. The van der Waals surface area contributed by atoms with Crippen molar-refractivity contribution in [2.45, 2.75) is 11.7 Å². The highest BCUT2D eigenvalue weighted by molar-refractivity contribution is 7.99. The third-order valence-electron chi connectivity index (χ3n) is 4.85. The Bertz CT molecular complexity index is 1350. The fourth-order valence-corrected chi connectivity index (χ4v) is 4.10. The molecule has 3 aromatic heterocycles. The van der Waals surface area contributed by atoms with Crippen molar-refractivity contribution in [2.75, 3.05) is 11.1 Å². The van der Waals surface area contributed by atoms with Gasteiger partial charge in [-0.15, -0.1) is 10.2 Å². The highest BCUT2D eigenvalue weighted by Gasteiger charge is 2.18. The largest absolute Gasteiger partial charge is 0.461 e. The zero-order valence-corrected chi connectivity index (χ0v) is 17.8. The highest BCUT2D eigenvalue weighted by Crippen LogP contribution is 2.26. The number of rotatable bonds is 7. The molecular weight excluding hydrogens is 422 g/mol. The van der Waals surface area contributed by atoms with Crippen LogP contribution >= 0.6 is 11.8 Å². The number of hydrogen-bond donors (Lipinski definition) is 1. The van der Waals surface area contributed by atoms with Crippen molar-refractivity contribution >= 4 is 34.3 Å². The molecule has 1 amide bonds. The average molecular weight is 442 g/mol. The van der Waals surface area contributed by atoms with E-state index in [4.69, 9.17) is 4.42 Å². The molecule has 158 valence electrons. The van der Waals surface area contributed by atoms with Gasteiger partial charge < -0.3 is 9.73 Å². The molecule has 0 saturated heterocycles. The lowest BCUT2D eigenvalue weighted by atomic mass is 10.2. The fraction of sp³-hybridized carbons (Fsp3) is 0.0833. The Morgan fingerprint density at radius 2 is 1.84 bits per heavy atom. The van der Waals surface area contributed by atoms with E-state index >= 15 is 0 Å². The monoisotopic (exact) mass is 441 g/mol. The number of hydrogen-bond acceptors (Lipinski definition) is 6. The van der Waals surface area contributed by atoms with Crippen LogP contribution in [0.3, 0.4) is 0 Å². The van der Waals surface area contributed by atoms with Gasteiger partial charge in [-0.3, -0.25) is 14.3 Å². The van der Waals surface area contributed by atoms with Crippen LogP contribution in [0.25, 0.3) is 22.5 Å². The van der Waals surface area contributed by atoms with Crippen LogP contribution in [-0.2, 0) is 11.3 Å². The Morgan fingerprint density at radius 1 is 1.00 bits per heavy atom. The minimum atomic E-state index is -0.138. The van der Waals surface area contributed by atoms with E-state index in [0.29, 0.717) is 29.0 Å². The van der Waals surface area contributed by atoms with Crippen LogP contribution in [0.5, 0.6) is 0 Å². The molecular formula is C24H19N5O2S. The van der Waals surface area contributed by atoms with Crippen LogP contribution in [0.4, 0.5) is 5.69 Å². The van der Waals surface area contributed by atoms with Crippen molar-refractivity contribution in [3.63, 3.8) is 0 Å². The lowest BCUT2D eigenvalue weighted by Gasteiger charge is -2.10. The Balaban J connectivity index is 1.32. The van der Waals surface area contributed by atoms with E-state index in [9.17, 15) is 4.79 Å². The number of furan rings is 1. The maximum atomic E-state index is 12.6. The molecule has 1 N–H and O–H groups in total.